The first-order chi connectivity index (χ1) is 9.21. The van der Waals surface area contributed by atoms with Crippen LogP contribution in [0.3, 0.4) is 0 Å². The van der Waals surface area contributed by atoms with E-state index in [1.807, 2.05) is 13.0 Å². The second-order valence-corrected chi connectivity index (χ2v) is 4.65. The van der Waals surface area contributed by atoms with E-state index in [0.29, 0.717) is 13.0 Å². The summed E-state index contributed by atoms with van der Waals surface area (Å²) in [5.74, 6) is 0.192. The number of rotatable bonds is 8. The fourth-order valence-corrected chi connectivity index (χ4v) is 1.98. The van der Waals surface area contributed by atoms with Crippen molar-refractivity contribution in [2.45, 2.75) is 46.5 Å². The summed E-state index contributed by atoms with van der Waals surface area (Å²) in [6, 6.07) is 6.53. The molecule has 0 aliphatic rings. The van der Waals surface area contributed by atoms with Crippen molar-refractivity contribution < 1.29 is 4.79 Å². The molecule has 104 valence electrons. The van der Waals surface area contributed by atoms with E-state index in [4.69, 9.17) is 0 Å². The molecule has 0 atom stereocenters. The van der Waals surface area contributed by atoms with E-state index in [9.17, 15) is 4.79 Å². The third kappa shape index (κ3) is 5.29. The summed E-state index contributed by atoms with van der Waals surface area (Å²) in [4.78, 5) is 11.5. The van der Waals surface area contributed by atoms with Crippen LogP contribution in [0.25, 0.3) is 0 Å². The maximum Gasteiger partial charge on any atom is 0.157 e. The second-order valence-electron chi connectivity index (χ2n) is 4.65. The topological polar surface area (TPSA) is 29.1 Å². The summed E-state index contributed by atoms with van der Waals surface area (Å²) >= 11 is 0. The Morgan fingerprint density at radius 2 is 2.00 bits per heavy atom. The monoisotopic (exact) mass is 259 g/mol. The van der Waals surface area contributed by atoms with Crippen LogP contribution in [0, 0.1) is 0 Å². The molecular weight excluding hydrogens is 234 g/mol. The Kier molecular flexibility index (Phi) is 6.94. The number of carbonyl (C=O) groups is 1. The molecule has 0 fully saturated rings. The van der Waals surface area contributed by atoms with Gasteiger partial charge in [-0.05, 0) is 42.5 Å². The predicted octanol–water partition coefficient (Wildman–Crippen LogP) is 4.15. The molecule has 2 heteroatoms. The molecule has 2 nitrogen and oxygen atoms in total. The number of ketones is 1. The summed E-state index contributed by atoms with van der Waals surface area (Å²) in [7, 11) is 0. The zero-order valence-electron chi connectivity index (χ0n) is 12.3. The lowest BCUT2D eigenvalue weighted by Crippen LogP contribution is -2.08. The third-order valence-electron chi connectivity index (χ3n) is 3.19. The van der Waals surface area contributed by atoms with Crippen molar-refractivity contribution in [2.24, 2.45) is 0 Å². The molecule has 0 aromatic heterocycles. The van der Waals surface area contributed by atoms with Gasteiger partial charge in [-0.1, -0.05) is 39.0 Å². The molecule has 0 radical (unpaired) electrons. The van der Waals surface area contributed by atoms with Crippen molar-refractivity contribution in [2.75, 3.05) is 11.9 Å². The van der Waals surface area contributed by atoms with E-state index in [0.717, 1.165) is 24.9 Å². The summed E-state index contributed by atoms with van der Waals surface area (Å²) in [6.45, 7) is 7.06. The number of hydrogen-bond acceptors (Lipinski definition) is 2. The largest absolute Gasteiger partial charge is 0.384 e. The summed E-state index contributed by atoms with van der Waals surface area (Å²) in [6.07, 6.45) is 7.14. The molecule has 0 unspecified atom stereocenters. The number of nitrogens with one attached hydrogen (secondary N) is 1. The average molecular weight is 259 g/mol. The normalized spacial score (nSPS) is 10.9. The van der Waals surface area contributed by atoms with Gasteiger partial charge in [0.25, 0.3) is 0 Å². The molecule has 0 saturated heterocycles. The Morgan fingerprint density at radius 1 is 1.21 bits per heavy atom. The van der Waals surface area contributed by atoms with Gasteiger partial charge in [-0.15, -0.1) is 0 Å². The maximum absolute atomic E-state index is 11.5. The number of benzene rings is 1. The third-order valence-corrected chi connectivity index (χ3v) is 3.19. The van der Waals surface area contributed by atoms with Crippen LogP contribution < -0.4 is 5.32 Å². The fraction of sp³-hybridized carbons (Fsp3) is 0.471. The molecule has 0 amide bonds. The van der Waals surface area contributed by atoms with Crippen LogP contribution in [0.15, 0.2) is 30.4 Å². The van der Waals surface area contributed by atoms with Crippen molar-refractivity contribution in [3.05, 3.63) is 41.5 Å². The summed E-state index contributed by atoms with van der Waals surface area (Å²) in [5.41, 5.74) is 3.85. The van der Waals surface area contributed by atoms with Crippen LogP contribution in [0.2, 0.25) is 0 Å². The van der Waals surface area contributed by atoms with E-state index in [2.05, 4.69) is 37.4 Å². The van der Waals surface area contributed by atoms with Crippen molar-refractivity contribution >= 4 is 11.5 Å². The summed E-state index contributed by atoms with van der Waals surface area (Å²) < 4.78 is 0. The van der Waals surface area contributed by atoms with Crippen LogP contribution in [-0.4, -0.2) is 12.3 Å². The van der Waals surface area contributed by atoms with Crippen LogP contribution in [0.1, 0.15) is 44.7 Å². The maximum atomic E-state index is 11.5. The minimum absolute atomic E-state index is 0.192. The molecule has 1 rings (SSSR count). The zero-order valence-corrected chi connectivity index (χ0v) is 12.3. The highest BCUT2D eigenvalue weighted by atomic mass is 16.1. The second kappa shape index (κ2) is 8.52. The Balaban J connectivity index is 2.53. The molecule has 1 N–H and O–H groups in total. The first kappa shape index (κ1) is 15.5. The Labute approximate surface area is 116 Å². The van der Waals surface area contributed by atoms with Crippen LogP contribution in [0.4, 0.5) is 5.69 Å². The molecule has 0 heterocycles. The molecule has 0 bridgehead atoms. The van der Waals surface area contributed by atoms with Crippen molar-refractivity contribution in [1.29, 1.82) is 0 Å². The van der Waals surface area contributed by atoms with E-state index >= 15 is 0 Å². The minimum Gasteiger partial charge on any atom is -0.384 e. The first-order valence-electron chi connectivity index (χ1n) is 7.26. The van der Waals surface area contributed by atoms with Crippen LogP contribution in [0.5, 0.6) is 0 Å². The smallest absolute Gasteiger partial charge is 0.157 e. The zero-order chi connectivity index (χ0) is 14.1. The Bertz CT molecular complexity index is 435. The van der Waals surface area contributed by atoms with Gasteiger partial charge < -0.3 is 5.32 Å². The highest BCUT2D eigenvalue weighted by molar-refractivity contribution is 5.89. The molecule has 0 spiro atoms. The van der Waals surface area contributed by atoms with Gasteiger partial charge in [0.2, 0.25) is 0 Å². The predicted molar refractivity (Wildman–Crippen MR) is 82.7 cm³/mol. The molecule has 1 aromatic carbocycles. The van der Waals surface area contributed by atoms with Crippen LogP contribution in [-0.2, 0) is 17.6 Å². The Morgan fingerprint density at radius 3 is 2.63 bits per heavy atom. The van der Waals surface area contributed by atoms with Gasteiger partial charge in [-0.25, -0.2) is 0 Å². The standard InChI is InChI=1S/C17H25NO/c1-4-7-8-16(19)11-12-18-17-10-9-14(5-2)13-15(17)6-3/h7-10,13,18H,4-6,11-12H2,1-3H3/b8-7-. The van der Waals surface area contributed by atoms with Crippen molar-refractivity contribution in [1.82, 2.24) is 0 Å². The molecule has 1 aromatic rings. The van der Waals surface area contributed by atoms with Gasteiger partial charge in [-0.3, -0.25) is 4.79 Å². The van der Waals surface area contributed by atoms with Crippen molar-refractivity contribution in [3.8, 4) is 0 Å². The molecular formula is C17H25NO. The lowest BCUT2D eigenvalue weighted by atomic mass is 10.0. The Hall–Kier alpha value is -1.57. The number of aryl methyl sites for hydroxylation is 2. The number of anilines is 1. The average Bonchev–Trinajstić information content (AvgIpc) is 2.45. The van der Waals surface area contributed by atoms with E-state index in [1.54, 1.807) is 6.08 Å². The highest BCUT2D eigenvalue weighted by Crippen LogP contribution is 2.18. The SMILES string of the molecule is CC/C=C\C(=O)CCNc1ccc(CC)cc1CC. The number of allylic oxidation sites excluding steroid dienone is 2. The van der Waals surface area contributed by atoms with Gasteiger partial charge in [0, 0.05) is 18.7 Å². The van der Waals surface area contributed by atoms with E-state index < -0.39 is 0 Å². The number of carbonyl (C=O) groups excluding carboxylic acids is 1. The van der Waals surface area contributed by atoms with Gasteiger partial charge in [0.05, 0.1) is 0 Å². The first-order valence-corrected chi connectivity index (χ1v) is 7.26. The molecule has 19 heavy (non-hydrogen) atoms. The molecule has 0 saturated carbocycles. The van der Waals surface area contributed by atoms with Crippen molar-refractivity contribution in [3.63, 3.8) is 0 Å². The number of hydrogen-bond donors (Lipinski definition) is 1. The minimum atomic E-state index is 0.192. The fourth-order valence-electron chi connectivity index (χ4n) is 1.98. The molecule has 0 aliphatic heterocycles. The van der Waals surface area contributed by atoms with E-state index in [-0.39, 0.29) is 5.78 Å². The van der Waals surface area contributed by atoms with Gasteiger partial charge in [-0.2, -0.15) is 0 Å². The lowest BCUT2D eigenvalue weighted by molar-refractivity contribution is -0.114. The van der Waals surface area contributed by atoms with Gasteiger partial charge in [0.1, 0.15) is 0 Å². The highest BCUT2D eigenvalue weighted by Gasteiger charge is 2.02. The lowest BCUT2D eigenvalue weighted by Gasteiger charge is -2.11. The summed E-state index contributed by atoms with van der Waals surface area (Å²) in [5, 5.41) is 3.37. The van der Waals surface area contributed by atoms with Crippen LogP contribution >= 0.6 is 0 Å². The van der Waals surface area contributed by atoms with E-state index in [1.165, 1.54) is 11.1 Å². The quantitative estimate of drug-likeness (QED) is 0.711. The molecule has 0 aliphatic carbocycles. The van der Waals surface area contributed by atoms with Gasteiger partial charge >= 0.3 is 0 Å². The van der Waals surface area contributed by atoms with Gasteiger partial charge in [0.15, 0.2) is 5.78 Å².